The summed E-state index contributed by atoms with van der Waals surface area (Å²) in [6.07, 6.45) is 1.61. The lowest BCUT2D eigenvalue weighted by Gasteiger charge is -2.19. The predicted molar refractivity (Wildman–Crippen MR) is 82.2 cm³/mol. The van der Waals surface area contributed by atoms with Crippen molar-refractivity contribution in [3.63, 3.8) is 0 Å². The number of amides is 1. The summed E-state index contributed by atoms with van der Waals surface area (Å²) in [4.78, 5) is 11.7. The molecular formula is C17H25NO2. The standard InChI is InChI=1S/C17H25NO2/c1-13(17(2,3)4)12-16(20)18-11-10-15(19)14-8-6-5-7-9-14/h5-9,12,15,19H,10-11H2,1-4H3,(H,18,20). The Morgan fingerprint density at radius 1 is 1.30 bits per heavy atom. The topological polar surface area (TPSA) is 49.3 Å². The lowest BCUT2D eigenvalue weighted by molar-refractivity contribution is -0.116. The van der Waals surface area contributed by atoms with Gasteiger partial charge in [0.2, 0.25) is 5.91 Å². The van der Waals surface area contributed by atoms with Gasteiger partial charge in [-0.3, -0.25) is 4.79 Å². The van der Waals surface area contributed by atoms with Crippen LogP contribution in [0.25, 0.3) is 0 Å². The lowest BCUT2D eigenvalue weighted by Crippen LogP contribution is -2.25. The van der Waals surface area contributed by atoms with Gasteiger partial charge in [-0.05, 0) is 24.3 Å². The van der Waals surface area contributed by atoms with E-state index in [0.717, 1.165) is 11.1 Å². The van der Waals surface area contributed by atoms with E-state index in [1.807, 2.05) is 37.3 Å². The normalized spacial score (nSPS) is 13.9. The molecule has 0 aromatic heterocycles. The molecule has 3 heteroatoms. The van der Waals surface area contributed by atoms with Crippen LogP contribution >= 0.6 is 0 Å². The SMILES string of the molecule is CC(=CC(=O)NCCC(O)c1ccccc1)C(C)(C)C. The summed E-state index contributed by atoms with van der Waals surface area (Å²) in [6.45, 7) is 8.64. The average Bonchev–Trinajstić information content (AvgIpc) is 2.38. The van der Waals surface area contributed by atoms with E-state index in [1.54, 1.807) is 6.08 Å². The molecule has 1 atom stereocenters. The highest BCUT2D eigenvalue weighted by Gasteiger charge is 2.14. The Hall–Kier alpha value is -1.61. The zero-order chi connectivity index (χ0) is 15.2. The van der Waals surface area contributed by atoms with Gasteiger partial charge in [0.1, 0.15) is 0 Å². The second-order valence-electron chi connectivity index (χ2n) is 6.08. The number of hydrogen-bond acceptors (Lipinski definition) is 2. The molecule has 0 aliphatic heterocycles. The zero-order valence-electron chi connectivity index (χ0n) is 12.8. The fourth-order valence-corrected chi connectivity index (χ4v) is 1.64. The maximum absolute atomic E-state index is 11.7. The molecule has 0 aliphatic carbocycles. The van der Waals surface area contributed by atoms with Crippen LogP contribution in [0.1, 0.15) is 45.8 Å². The summed E-state index contributed by atoms with van der Waals surface area (Å²) in [5, 5.41) is 12.8. The molecule has 1 unspecified atom stereocenters. The van der Waals surface area contributed by atoms with Crippen molar-refractivity contribution in [3.8, 4) is 0 Å². The van der Waals surface area contributed by atoms with E-state index >= 15 is 0 Å². The van der Waals surface area contributed by atoms with Gasteiger partial charge in [-0.15, -0.1) is 0 Å². The monoisotopic (exact) mass is 275 g/mol. The van der Waals surface area contributed by atoms with E-state index in [9.17, 15) is 9.90 Å². The van der Waals surface area contributed by atoms with Crippen molar-refractivity contribution < 1.29 is 9.90 Å². The largest absolute Gasteiger partial charge is 0.388 e. The van der Waals surface area contributed by atoms with Crippen molar-refractivity contribution in [1.82, 2.24) is 5.32 Å². The summed E-state index contributed by atoms with van der Waals surface area (Å²) >= 11 is 0. The molecule has 0 saturated carbocycles. The minimum Gasteiger partial charge on any atom is -0.388 e. The van der Waals surface area contributed by atoms with Crippen LogP contribution < -0.4 is 5.32 Å². The van der Waals surface area contributed by atoms with Gasteiger partial charge < -0.3 is 10.4 Å². The van der Waals surface area contributed by atoms with E-state index in [-0.39, 0.29) is 11.3 Å². The molecule has 0 fully saturated rings. The highest BCUT2D eigenvalue weighted by Crippen LogP contribution is 2.23. The van der Waals surface area contributed by atoms with Crippen molar-refractivity contribution in [1.29, 1.82) is 0 Å². The Bertz CT molecular complexity index is 458. The van der Waals surface area contributed by atoms with E-state index in [0.29, 0.717) is 13.0 Å². The first-order chi connectivity index (χ1) is 9.30. The smallest absolute Gasteiger partial charge is 0.243 e. The fourth-order valence-electron chi connectivity index (χ4n) is 1.64. The molecule has 0 saturated heterocycles. The van der Waals surface area contributed by atoms with Crippen molar-refractivity contribution in [3.05, 3.63) is 47.5 Å². The first-order valence-corrected chi connectivity index (χ1v) is 7.00. The van der Waals surface area contributed by atoms with Crippen LogP contribution in [-0.2, 0) is 4.79 Å². The molecule has 110 valence electrons. The van der Waals surface area contributed by atoms with E-state index < -0.39 is 6.10 Å². The Morgan fingerprint density at radius 3 is 2.45 bits per heavy atom. The van der Waals surface area contributed by atoms with Crippen LogP contribution in [0.2, 0.25) is 0 Å². The number of carbonyl (C=O) groups is 1. The second-order valence-corrected chi connectivity index (χ2v) is 6.08. The molecule has 0 bridgehead atoms. The highest BCUT2D eigenvalue weighted by molar-refractivity contribution is 5.88. The van der Waals surface area contributed by atoms with Gasteiger partial charge >= 0.3 is 0 Å². The third kappa shape index (κ3) is 5.57. The second kappa shape index (κ2) is 7.25. The molecule has 3 nitrogen and oxygen atoms in total. The number of hydrogen-bond donors (Lipinski definition) is 2. The molecule has 0 heterocycles. The molecule has 1 amide bonds. The molecule has 1 rings (SSSR count). The van der Waals surface area contributed by atoms with Gasteiger partial charge in [-0.2, -0.15) is 0 Å². The van der Waals surface area contributed by atoms with Gasteiger partial charge in [0.05, 0.1) is 6.10 Å². The molecule has 0 radical (unpaired) electrons. The summed E-state index contributed by atoms with van der Waals surface area (Å²) in [5.74, 6) is -0.0994. The van der Waals surface area contributed by atoms with Gasteiger partial charge in [0, 0.05) is 12.6 Å². The quantitative estimate of drug-likeness (QED) is 0.811. The number of allylic oxidation sites excluding steroid dienone is 1. The number of aliphatic hydroxyl groups is 1. The Kier molecular flexibility index (Phi) is 5.96. The van der Waals surface area contributed by atoms with E-state index in [4.69, 9.17) is 0 Å². The Labute approximate surface area is 121 Å². The van der Waals surface area contributed by atoms with Crippen molar-refractivity contribution in [2.24, 2.45) is 5.41 Å². The predicted octanol–water partition coefficient (Wildman–Crippen LogP) is 3.22. The van der Waals surface area contributed by atoms with Crippen LogP contribution in [0.3, 0.4) is 0 Å². The Morgan fingerprint density at radius 2 is 1.90 bits per heavy atom. The van der Waals surface area contributed by atoms with Gasteiger partial charge in [0.25, 0.3) is 0 Å². The number of benzene rings is 1. The van der Waals surface area contributed by atoms with Crippen molar-refractivity contribution in [2.45, 2.75) is 40.2 Å². The van der Waals surface area contributed by atoms with Gasteiger partial charge in [-0.25, -0.2) is 0 Å². The maximum atomic E-state index is 11.7. The van der Waals surface area contributed by atoms with Crippen LogP contribution in [-0.4, -0.2) is 17.6 Å². The summed E-state index contributed by atoms with van der Waals surface area (Å²) < 4.78 is 0. The molecule has 2 N–H and O–H groups in total. The first-order valence-electron chi connectivity index (χ1n) is 7.00. The molecular weight excluding hydrogens is 250 g/mol. The first kappa shape index (κ1) is 16.4. The van der Waals surface area contributed by atoms with Crippen LogP contribution in [0.5, 0.6) is 0 Å². The van der Waals surface area contributed by atoms with Crippen molar-refractivity contribution >= 4 is 5.91 Å². The number of nitrogens with one attached hydrogen (secondary N) is 1. The van der Waals surface area contributed by atoms with Crippen molar-refractivity contribution in [2.75, 3.05) is 6.54 Å². The van der Waals surface area contributed by atoms with Crippen LogP contribution in [0, 0.1) is 5.41 Å². The number of aliphatic hydroxyl groups excluding tert-OH is 1. The molecule has 1 aromatic rings. The third-order valence-electron chi connectivity index (χ3n) is 3.43. The summed E-state index contributed by atoms with van der Waals surface area (Å²) in [7, 11) is 0. The summed E-state index contributed by atoms with van der Waals surface area (Å²) in [5.41, 5.74) is 1.92. The third-order valence-corrected chi connectivity index (χ3v) is 3.43. The Balaban J connectivity index is 2.40. The minimum atomic E-state index is -0.538. The van der Waals surface area contributed by atoms with Crippen LogP contribution in [0.4, 0.5) is 0 Å². The van der Waals surface area contributed by atoms with Gasteiger partial charge in [0.15, 0.2) is 0 Å². The van der Waals surface area contributed by atoms with Gasteiger partial charge in [-0.1, -0.05) is 56.7 Å². The van der Waals surface area contributed by atoms with E-state index in [1.165, 1.54) is 0 Å². The molecule has 0 aliphatic rings. The number of rotatable bonds is 5. The minimum absolute atomic E-state index is 0.000885. The van der Waals surface area contributed by atoms with E-state index in [2.05, 4.69) is 26.1 Å². The highest BCUT2D eigenvalue weighted by atomic mass is 16.3. The lowest BCUT2D eigenvalue weighted by atomic mass is 9.87. The molecule has 0 spiro atoms. The average molecular weight is 275 g/mol. The fraction of sp³-hybridized carbons (Fsp3) is 0.471. The summed E-state index contributed by atoms with van der Waals surface area (Å²) in [6, 6.07) is 9.48. The molecule has 1 aromatic carbocycles. The number of carbonyl (C=O) groups excluding carboxylic acids is 1. The van der Waals surface area contributed by atoms with Crippen LogP contribution in [0.15, 0.2) is 42.0 Å². The molecule has 20 heavy (non-hydrogen) atoms. The zero-order valence-corrected chi connectivity index (χ0v) is 12.8. The maximum Gasteiger partial charge on any atom is 0.243 e.